The van der Waals surface area contributed by atoms with Crippen molar-refractivity contribution in [3.63, 3.8) is 0 Å². The molecule has 3 aliphatic rings. The van der Waals surface area contributed by atoms with Crippen LogP contribution in [-0.4, -0.2) is 54.3 Å². The van der Waals surface area contributed by atoms with E-state index in [0.717, 1.165) is 4.90 Å². The lowest BCUT2D eigenvalue weighted by molar-refractivity contribution is -0.154. The first-order valence-electron chi connectivity index (χ1n) is 10.2. The Labute approximate surface area is 188 Å². The van der Waals surface area contributed by atoms with Gasteiger partial charge in [0.2, 0.25) is 17.7 Å². The first kappa shape index (κ1) is 20.7. The lowest BCUT2D eigenvalue weighted by atomic mass is 9.76. The predicted molar refractivity (Wildman–Crippen MR) is 111 cm³/mol. The number of hydrogen-bond acceptors (Lipinski definition) is 7. The molecule has 1 aromatic carbocycles. The third kappa shape index (κ3) is 2.74. The van der Waals surface area contributed by atoms with Crippen LogP contribution >= 0.6 is 11.6 Å². The molecule has 0 saturated carbocycles. The van der Waals surface area contributed by atoms with Gasteiger partial charge in [0.05, 0.1) is 43.4 Å². The molecule has 0 bridgehead atoms. The second-order valence-corrected chi connectivity index (χ2v) is 8.51. The van der Waals surface area contributed by atoms with Crippen molar-refractivity contribution in [2.75, 3.05) is 25.1 Å². The fourth-order valence-corrected chi connectivity index (χ4v) is 5.53. The number of piperazine rings is 1. The van der Waals surface area contributed by atoms with Gasteiger partial charge in [-0.2, -0.15) is 0 Å². The van der Waals surface area contributed by atoms with E-state index in [0.29, 0.717) is 29.6 Å². The molecular weight excluding hydrogens is 438 g/mol. The average molecular weight is 458 g/mol. The zero-order valence-corrected chi connectivity index (χ0v) is 17.9. The molecule has 9 nitrogen and oxygen atoms in total. The fraction of sp³-hybridized carbons (Fsp3) is 0.364. The van der Waals surface area contributed by atoms with E-state index in [1.54, 1.807) is 41.3 Å². The molecule has 5 rings (SSSR count). The maximum Gasteiger partial charge on any atom is 0.307 e. The smallest absolute Gasteiger partial charge is 0.307 e. The average Bonchev–Trinajstić information content (AvgIpc) is 3.46. The summed E-state index contributed by atoms with van der Waals surface area (Å²) in [4.78, 5) is 56.1. The van der Waals surface area contributed by atoms with E-state index in [9.17, 15) is 19.2 Å². The molecule has 4 atom stereocenters. The van der Waals surface area contributed by atoms with Crippen LogP contribution in [0.3, 0.4) is 0 Å². The van der Waals surface area contributed by atoms with Gasteiger partial charge in [0, 0.05) is 18.1 Å². The van der Waals surface area contributed by atoms with Crippen LogP contribution in [0.25, 0.3) is 0 Å². The summed E-state index contributed by atoms with van der Waals surface area (Å²) >= 11 is 5.97. The van der Waals surface area contributed by atoms with Crippen molar-refractivity contribution in [2.24, 2.45) is 11.8 Å². The second-order valence-electron chi connectivity index (χ2n) is 8.08. The zero-order valence-electron chi connectivity index (χ0n) is 17.1. The lowest BCUT2D eigenvalue weighted by Crippen LogP contribution is -2.67. The standard InChI is InChI=1S/C22H20ClN3O6/c1-31-15(27)11-22-17-16(19(28)26(20(17)29)13-6-4-12(23)5-7-13)18(14-3-2-10-32-14)25(22)9-8-24-21(22)30/h2-7,10,16-18H,8-9,11H2,1H3,(H,24,30)/t16-,17+,18-,22+/m1/s1. The predicted octanol–water partition coefficient (Wildman–Crippen LogP) is 1.53. The second kappa shape index (κ2) is 7.46. The number of carbonyl (C=O) groups is 4. The van der Waals surface area contributed by atoms with Crippen LogP contribution in [-0.2, 0) is 23.9 Å². The van der Waals surface area contributed by atoms with Crippen LogP contribution in [0.4, 0.5) is 5.69 Å². The molecule has 3 fully saturated rings. The van der Waals surface area contributed by atoms with Gasteiger partial charge < -0.3 is 14.5 Å². The highest BCUT2D eigenvalue weighted by Gasteiger charge is 2.73. The van der Waals surface area contributed by atoms with Gasteiger partial charge in [-0.15, -0.1) is 0 Å². The molecule has 2 aromatic rings. The number of nitrogens with zero attached hydrogens (tertiary/aromatic N) is 2. The van der Waals surface area contributed by atoms with Crippen LogP contribution in [0.15, 0.2) is 47.1 Å². The Morgan fingerprint density at radius 1 is 1.22 bits per heavy atom. The van der Waals surface area contributed by atoms with Gasteiger partial charge >= 0.3 is 5.97 Å². The van der Waals surface area contributed by atoms with Crippen LogP contribution in [0.2, 0.25) is 5.02 Å². The summed E-state index contributed by atoms with van der Waals surface area (Å²) in [6, 6.07) is 9.04. The third-order valence-corrected chi connectivity index (χ3v) is 6.90. The molecule has 3 amide bonds. The molecule has 166 valence electrons. The van der Waals surface area contributed by atoms with Gasteiger partial charge in [0.15, 0.2) is 0 Å². The number of esters is 1. The molecule has 32 heavy (non-hydrogen) atoms. The highest BCUT2D eigenvalue weighted by atomic mass is 35.5. The topological polar surface area (TPSA) is 109 Å². The lowest BCUT2D eigenvalue weighted by Gasteiger charge is -2.44. The Morgan fingerprint density at radius 3 is 2.62 bits per heavy atom. The number of furan rings is 1. The molecule has 3 saturated heterocycles. The largest absolute Gasteiger partial charge is 0.469 e. The minimum Gasteiger partial charge on any atom is -0.469 e. The number of amides is 3. The Morgan fingerprint density at radius 2 is 1.97 bits per heavy atom. The van der Waals surface area contributed by atoms with Gasteiger partial charge in [0.25, 0.3) is 0 Å². The summed E-state index contributed by atoms with van der Waals surface area (Å²) < 4.78 is 10.5. The number of methoxy groups -OCH3 is 1. The van der Waals surface area contributed by atoms with Crippen molar-refractivity contribution in [2.45, 2.75) is 18.0 Å². The monoisotopic (exact) mass is 457 g/mol. The highest BCUT2D eigenvalue weighted by molar-refractivity contribution is 6.31. The minimum atomic E-state index is -1.57. The number of fused-ring (bicyclic) bond motifs is 3. The number of imide groups is 1. The number of ether oxygens (including phenoxy) is 1. The van der Waals surface area contributed by atoms with E-state index in [2.05, 4.69) is 5.32 Å². The Hall–Kier alpha value is -3.17. The number of rotatable bonds is 4. The van der Waals surface area contributed by atoms with Crippen molar-refractivity contribution in [1.29, 1.82) is 0 Å². The van der Waals surface area contributed by atoms with Crippen LogP contribution in [0.5, 0.6) is 0 Å². The normalized spacial score (nSPS) is 29.6. The van der Waals surface area contributed by atoms with Gasteiger partial charge in [-0.25, -0.2) is 4.90 Å². The number of carbonyl (C=O) groups excluding carboxylic acids is 4. The van der Waals surface area contributed by atoms with E-state index in [1.165, 1.54) is 13.4 Å². The number of nitrogens with one attached hydrogen (secondary N) is 1. The van der Waals surface area contributed by atoms with Crippen molar-refractivity contribution in [3.05, 3.63) is 53.4 Å². The van der Waals surface area contributed by atoms with Crippen molar-refractivity contribution in [3.8, 4) is 0 Å². The van der Waals surface area contributed by atoms with Crippen molar-refractivity contribution < 1.29 is 28.3 Å². The van der Waals surface area contributed by atoms with Gasteiger partial charge in [-0.3, -0.25) is 24.1 Å². The van der Waals surface area contributed by atoms with Crippen LogP contribution in [0.1, 0.15) is 18.2 Å². The number of halogens is 1. The first-order chi connectivity index (χ1) is 15.4. The molecule has 4 heterocycles. The third-order valence-electron chi connectivity index (χ3n) is 6.65. The van der Waals surface area contributed by atoms with E-state index in [1.807, 2.05) is 0 Å². The maximum atomic E-state index is 13.8. The number of anilines is 1. The van der Waals surface area contributed by atoms with Crippen molar-refractivity contribution in [1.82, 2.24) is 10.2 Å². The summed E-state index contributed by atoms with van der Waals surface area (Å²) in [5.74, 6) is -3.63. The SMILES string of the molecule is COC(=O)C[C@]12C(=O)NCCN1[C@H](c1ccco1)[C@@H]1C(=O)N(c3ccc(Cl)cc3)C(=O)[C@H]12. The number of hydrogen-bond donors (Lipinski definition) is 1. The van der Waals surface area contributed by atoms with Crippen LogP contribution < -0.4 is 10.2 Å². The van der Waals surface area contributed by atoms with E-state index in [-0.39, 0.29) is 6.42 Å². The molecule has 0 spiro atoms. The van der Waals surface area contributed by atoms with Crippen LogP contribution in [0, 0.1) is 11.8 Å². The fourth-order valence-electron chi connectivity index (χ4n) is 5.40. The summed E-state index contributed by atoms with van der Waals surface area (Å²) in [5, 5.41) is 3.24. The quantitative estimate of drug-likeness (QED) is 0.547. The number of benzene rings is 1. The highest BCUT2D eigenvalue weighted by Crippen LogP contribution is 2.57. The van der Waals surface area contributed by atoms with Gasteiger partial charge in [-0.1, -0.05) is 11.6 Å². The molecule has 1 N–H and O–H groups in total. The zero-order chi connectivity index (χ0) is 22.6. The molecule has 0 unspecified atom stereocenters. The maximum absolute atomic E-state index is 13.8. The van der Waals surface area contributed by atoms with E-state index >= 15 is 0 Å². The summed E-state index contributed by atoms with van der Waals surface area (Å²) in [5.41, 5.74) is -1.21. The van der Waals surface area contributed by atoms with E-state index in [4.69, 9.17) is 20.8 Å². The first-order valence-corrected chi connectivity index (χ1v) is 10.6. The van der Waals surface area contributed by atoms with Gasteiger partial charge in [0.1, 0.15) is 11.3 Å². The van der Waals surface area contributed by atoms with Crippen molar-refractivity contribution >= 4 is 41.0 Å². The summed E-state index contributed by atoms with van der Waals surface area (Å²) in [6.07, 6.45) is 1.12. The summed E-state index contributed by atoms with van der Waals surface area (Å²) in [7, 11) is 1.22. The molecular formula is C22H20ClN3O6. The molecule has 1 aromatic heterocycles. The Bertz CT molecular complexity index is 1100. The Kier molecular flexibility index (Phi) is 4.83. The molecule has 10 heteroatoms. The van der Waals surface area contributed by atoms with E-state index < -0.39 is 47.1 Å². The molecule has 0 radical (unpaired) electrons. The Balaban J connectivity index is 1.69. The minimum absolute atomic E-state index is 0.321. The molecule has 0 aliphatic carbocycles. The van der Waals surface area contributed by atoms with Gasteiger partial charge in [-0.05, 0) is 36.4 Å². The molecule has 3 aliphatic heterocycles. The summed E-state index contributed by atoms with van der Waals surface area (Å²) in [6.45, 7) is 0.671.